The molecule has 0 atom stereocenters. The molecule has 0 spiro atoms. The molecular formula is C26H29F9O3S. The molecule has 13 heteroatoms. The van der Waals surface area contributed by atoms with Crippen LogP contribution >= 0.6 is 0 Å². The standard InChI is InChI=1S/C26H29F9O3S/c1-2-3-4-5-6-7-17-38-21-12-8-19(9-13-21)20-10-14-22(15-11-20)39(36,37)18-16-23(27,28)24(29,30)25(31,32)26(33,34)35/h8-15H,2-7,16-18H2,1H3. The summed E-state index contributed by atoms with van der Waals surface area (Å²) in [5.41, 5.74) is 1.16. The number of alkyl halides is 9. The SMILES string of the molecule is CCCCCCCCOc1ccc(-c2ccc(S(=O)(=O)CCC(F)(F)C(F)(F)C(F)(F)C(F)(F)F)cc2)cc1. The highest BCUT2D eigenvalue weighted by Crippen LogP contribution is 2.54. The van der Waals surface area contributed by atoms with Gasteiger partial charge in [0.1, 0.15) is 5.75 Å². The van der Waals surface area contributed by atoms with Crippen LogP contribution in [-0.4, -0.2) is 44.7 Å². The third kappa shape index (κ3) is 8.04. The van der Waals surface area contributed by atoms with Crippen LogP contribution in [0.2, 0.25) is 0 Å². The van der Waals surface area contributed by atoms with Crippen LogP contribution in [-0.2, 0) is 9.84 Å². The Morgan fingerprint density at radius 3 is 1.67 bits per heavy atom. The highest BCUT2D eigenvalue weighted by molar-refractivity contribution is 7.91. The normalized spacial score (nSPS) is 13.5. The van der Waals surface area contributed by atoms with Crippen LogP contribution in [0, 0.1) is 0 Å². The first kappa shape index (κ1) is 32.8. The van der Waals surface area contributed by atoms with Crippen molar-refractivity contribution in [1.82, 2.24) is 0 Å². The van der Waals surface area contributed by atoms with Crippen molar-refractivity contribution in [2.45, 2.75) is 80.7 Å². The summed E-state index contributed by atoms with van der Waals surface area (Å²) in [6, 6.07) is 11.4. The number of hydrogen-bond acceptors (Lipinski definition) is 3. The van der Waals surface area contributed by atoms with Gasteiger partial charge in [-0.05, 0) is 41.8 Å². The lowest BCUT2D eigenvalue weighted by atomic mass is 10.0. The van der Waals surface area contributed by atoms with E-state index in [1.165, 1.54) is 31.4 Å². The highest BCUT2D eigenvalue weighted by Gasteiger charge is 2.81. The van der Waals surface area contributed by atoms with Gasteiger partial charge in [-0.1, -0.05) is 63.3 Å². The van der Waals surface area contributed by atoms with E-state index in [2.05, 4.69) is 6.92 Å². The molecule has 0 N–H and O–H groups in total. The van der Waals surface area contributed by atoms with Crippen molar-refractivity contribution >= 4 is 9.84 Å². The minimum Gasteiger partial charge on any atom is -0.494 e. The molecule has 220 valence electrons. The zero-order chi connectivity index (χ0) is 29.5. The topological polar surface area (TPSA) is 43.4 Å². The Labute approximate surface area is 221 Å². The van der Waals surface area contributed by atoms with E-state index >= 15 is 0 Å². The predicted molar refractivity (Wildman–Crippen MR) is 128 cm³/mol. The fourth-order valence-corrected chi connectivity index (χ4v) is 4.93. The fourth-order valence-electron chi connectivity index (χ4n) is 3.62. The van der Waals surface area contributed by atoms with Crippen molar-refractivity contribution in [2.75, 3.05) is 12.4 Å². The van der Waals surface area contributed by atoms with E-state index in [0.29, 0.717) is 23.5 Å². The molecule has 0 unspecified atom stereocenters. The first-order valence-electron chi connectivity index (χ1n) is 12.2. The van der Waals surface area contributed by atoms with Gasteiger partial charge in [-0.25, -0.2) is 8.42 Å². The molecule has 0 amide bonds. The minimum absolute atomic E-state index is 0.512. The van der Waals surface area contributed by atoms with E-state index in [-0.39, 0.29) is 0 Å². The first-order chi connectivity index (χ1) is 18.0. The molecule has 0 aliphatic heterocycles. The Balaban J connectivity index is 2.00. The Kier molecular flexibility index (Phi) is 10.8. The number of unbranched alkanes of at least 4 members (excludes halogenated alkanes) is 5. The van der Waals surface area contributed by atoms with Gasteiger partial charge in [0.05, 0.1) is 17.3 Å². The first-order valence-corrected chi connectivity index (χ1v) is 13.9. The number of sulfone groups is 1. The van der Waals surface area contributed by atoms with Crippen molar-refractivity contribution in [2.24, 2.45) is 0 Å². The summed E-state index contributed by atoms with van der Waals surface area (Å²) in [4.78, 5) is -0.591. The molecule has 3 nitrogen and oxygen atoms in total. The summed E-state index contributed by atoms with van der Waals surface area (Å²) in [6.45, 7) is 2.69. The lowest BCUT2D eigenvalue weighted by Gasteiger charge is -2.33. The van der Waals surface area contributed by atoms with Crippen LogP contribution in [0.5, 0.6) is 5.75 Å². The molecule has 0 fully saturated rings. The summed E-state index contributed by atoms with van der Waals surface area (Å²) in [5.74, 6) is -21.0. The Bertz CT molecular complexity index is 1140. The summed E-state index contributed by atoms with van der Waals surface area (Å²) in [5, 5.41) is 0. The molecule has 39 heavy (non-hydrogen) atoms. The number of halogens is 9. The Hall–Kier alpha value is -2.44. The van der Waals surface area contributed by atoms with E-state index in [1.807, 2.05) is 0 Å². The molecule has 2 rings (SSSR count). The van der Waals surface area contributed by atoms with Gasteiger partial charge in [0.15, 0.2) is 9.84 Å². The third-order valence-electron chi connectivity index (χ3n) is 6.06. The van der Waals surface area contributed by atoms with Gasteiger partial charge >= 0.3 is 23.9 Å². The van der Waals surface area contributed by atoms with Crippen LogP contribution in [0.4, 0.5) is 39.5 Å². The van der Waals surface area contributed by atoms with Crippen LogP contribution in [0.15, 0.2) is 53.4 Å². The molecule has 2 aromatic rings. The molecule has 0 radical (unpaired) electrons. The molecule has 2 aromatic carbocycles. The number of benzene rings is 2. The zero-order valence-corrected chi connectivity index (χ0v) is 21.8. The van der Waals surface area contributed by atoms with Crippen molar-refractivity contribution in [3.8, 4) is 16.9 Å². The maximum Gasteiger partial charge on any atom is 0.460 e. The molecule has 0 saturated carbocycles. The number of rotatable bonds is 15. The van der Waals surface area contributed by atoms with Crippen LogP contribution in [0.1, 0.15) is 51.9 Å². The Morgan fingerprint density at radius 1 is 0.667 bits per heavy atom. The summed E-state index contributed by atoms with van der Waals surface area (Å²) in [6.07, 6.45) is -2.73. The van der Waals surface area contributed by atoms with E-state index < -0.39 is 50.9 Å². The van der Waals surface area contributed by atoms with Gasteiger partial charge < -0.3 is 4.74 Å². The van der Waals surface area contributed by atoms with Gasteiger partial charge in [-0.2, -0.15) is 39.5 Å². The summed E-state index contributed by atoms with van der Waals surface area (Å²) < 4.78 is 147. The van der Waals surface area contributed by atoms with Gasteiger partial charge in [-0.15, -0.1) is 0 Å². The molecule has 0 aromatic heterocycles. The molecule has 0 aliphatic rings. The van der Waals surface area contributed by atoms with Gasteiger partial charge in [0.25, 0.3) is 0 Å². The second-order valence-electron chi connectivity index (χ2n) is 9.08. The molecule has 0 saturated heterocycles. The summed E-state index contributed by atoms with van der Waals surface area (Å²) in [7, 11) is -4.72. The number of ether oxygens (including phenoxy) is 1. The van der Waals surface area contributed by atoms with Crippen LogP contribution < -0.4 is 4.74 Å². The number of hydrogen-bond donors (Lipinski definition) is 0. The monoisotopic (exact) mass is 592 g/mol. The molecule has 0 bridgehead atoms. The second kappa shape index (κ2) is 12.8. The van der Waals surface area contributed by atoms with E-state index in [0.717, 1.165) is 31.4 Å². The van der Waals surface area contributed by atoms with Crippen LogP contribution in [0.3, 0.4) is 0 Å². The van der Waals surface area contributed by atoms with Gasteiger partial charge in [0, 0.05) is 6.42 Å². The van der Waals surface area contributed by atoms with Gasteiger partial charge in [-0.3, -0.25) is 0 Å². The largest absolute Gasteiger partial charge is 0.494 e. The van der Waals surface area contributed by atoms with Crippen molar-refractivity contribution in [1.29, 1.82) is 0 Å². The highest BCUT2D eigenvalue weighted by atomic mass is 32.2. The van der Waals surface area contributed by atoms with Crippen LogP contribution in [0.25, 0.3) is 11.1 Å². The fraction of sp³-hybridized carbons (Fsp3) is 0.538. The van der Waals surface area contributed by atoms with E-state index in [4.69, 9.17) is 4.74 Å². The average molecular weight is 593 g/mol. The van der Waals surface area contributed by atoms with Crippen molar-refractivity contribution in [3.05, 3.63) is 48.5 Å². The zero-order valence-electron chi connectivity index (χ0n) is 21.0. The molecular weight excluding hydrogens is 563 g/mol. The van der Waals surface area contributed by atoms with Crippen molar-refractivity contribution < 1.29 is 52.7 Å². The molecule has 0 aliphatic carbocycles. The lowest BCUT2D eigenvalue weighted by Crippen LogP contribution is -2.61. The van der Waals surface area contributed by atoms with E-state index in [9.17, 15) is 47.9 Å². The molecule has 0 heterocycles. The Morgan fingerprint density at radius 2 is 1.15 bits per heavy atom. The van der Waals surface area contributed by atoms with Gasteiger partial charge in [0.2, 0.25) is 0 Å². The summed E-state index contributed by atoms with van der Waals surface area (Å²) >= 11 is 0. The lowest BCUT2D eigenvalue weighted by molar-refractivity contribution is -0.396. The average Bonchev–Trinajstić information content (AvgIpc) is 2.87. The predicted octanol–water partition coefficient (Wildman–Crippen LogP) is 8.72. The minimum atomic E-state index is -7.07. The third-order valence-corrected chi connectivity index (χ3v) is 7.79. The van der Waals surface area contributed by atoms with Crippen molar-refractivity contribution in [3.63, 3.8) is 0 Å². The quantitative estimate of drug-likeness (QED) is 0.154. The second-order valence-corrected chi connectivity index (χ2v) is 11.2. The smallest absolute Gasteiger partial charge is 0.460 e. The van der Waals surface area contributed by atoms with E-state index in [1.54, 1.807) is 24.3 Å². The maximum absolute atomic E-state index is 13.7. The maximum atomic E-state index is 13.7.